The predicted molar refractivity (Wildman–Crippen MR) is 179 cm³/mol. The van der Waals surface area contributed by atoms with E-state index in [1.165, 1.54) is 0 Å². The van der Waals surface area contributed by atoms with Crippen LogP contribution < -0.4 is 5.32 Å². The van der Waals surface area contributed by atoms with Gasteiger partial charge in [-0.25, -0.2) is 4.98 Å². The number of hydrogen-bond donors (Lipinski definition) is 2. The van der Waals surface area contributed by atoms with Gasteiger partial charge in [-0.3, -0.25) is 9.59 Å². The lowest BCUT2D eigenvalue weighted by molar-refractivity contribution is 0.0827. The van der Waals surface area contributed by atoms with Gasteiger partial charge in [-0.15, -0.1) is 4.31 Å². The zero-order valence-corrected chi connectivity index (χ0v) is 27.2. The summed E-state index contributed by atoms with van der Waals surface area (Å²) >= 11 is -1.36. The Balaban J connectivity index is 1.58. The Bertz CT molecular complexity index is 1670. The summed E-state index contributed by atoms with van der Waals surface area (Å²) in [4.78, 5) is 32.4. The predicted octanol–water partition coefficient (Wildman–Crippen LogP) is 5.75. The van der Waals surface area contributed by atoms with Crippen molar-refractivity contribution in [1.82, 2.24) is 19.5 Å². The van der Waals surface area contributed by atoms with E-state index in [1.54, 1.807) is 25.1 Å². The number of nitrogens with one attached hydrogen (secondary N) is 1. The van der Waals surface area contributed by atoms with Crippen LogP contribution >= 0.6 is 0 Å². The average Bonchev–Trinajstić information content (AvgIpc) is 3.40. The van der Waals surface area contributed by atoms with Gasteiger partial charge in [0.2, 0.25) is 0 Å². The van der Waals surface area contributed by atoms with Crippen molar-refractivity contribution in [2.75, 3.05) is 20.7 Å². The molecular weight excluding hydrogens is 584 g/mol. The summed E-state index contributed by atoms with van der Waals surface area (Å²) in [6, 6.07) is 26.6. The van der Waals surface area contributed by atoms with Crippen LogP contribution in [0.5, 0.6) is 0 Å². The second kappa shape index (κ2) is 13.5. The van der Waals surface area contributed by atoms with Gasteiger partial charge >= 0.3 is 0 Å². The molecule has 9 heteroatoms. The van der Waals surface area contributed by atoms with Crippen LogP contribution in [-0.4, -0.2) is 61.1 Å². The molecule has 0 fully saturated rings. The summed E-state index contributed by atoms with van der Waals surface area (Å²) in [5, 5.41) is 13.1. The monoisotopic (exact) mass is 624 g/mol. The molecule has 0 bridgehead atoms. The molecule has 0 saturated heterocycles. The largest absolute Gasteiger partial charge is 0.597 e. The first-order valence-electron chi connectivity index (χ1n) is 15.1. The molecule has 2 atom stereocenters. The zero-order chi connectivity index (χ0) is 32.3. The molecule has 1 aliphatic heterocycles. The Labute approximate surface area is 268 Å². The fourth-order valence-corrected chi connectivity index (χ4v) is 6.99. The third-order valence-corrected chi connectivity index (χ3v) is 9.68. The SMILES string of the molecule is CN(C)C(=O)c1ccc(-c2cccc(-c3nc(C(=O)NCc4ccccc4)cc4c3[C@@H](CCO)N([S+]([O-])C(C)(C)C)C4)c2)cc1. The normalized spacial score (nSPS) is 15.4. The van der Waals surface area contributed by atoms with Crippen LogP contribution in [-0.2, 0) is 24.5 Å². The van der Waals surface area contributed by atoms with E-state index in [0.717, 1.165) is 33.4 Å². The van der Waals surface area contributed by atoms with Crippen molar-refractivity contribution in [3.05, 3.63) is 113 Å². The Morgan fingerprint density at radius 1 is 0.978 bits per heavy atom. The van der Waals surface area contributed by atoms with Crippen LogP contribution in [0.15, 0.2) is 84.9 Å². The molecule has 1 unspecified atom stereocenters. The number of rotatable bonds is 9. The lowest BCUT2D eigenvalue weighted by atomic mass is 9.94. The van der Waals surface area contributed by atoms with Crippen molar-refractivity contribution in [2.24, 2.45) is 0 Å². The van der Waals surface area contributed by atoms with Gasteiger partial charge in [-0.05, 0) is 73.7 Å². The third-order valence-electron chi connectivity index (χ3n) is 7.83. The van der Waals surface area contributed by atoms with E-state index in [9.17, 15) is 19.2 Å². The zero-order valence-electron chi connectivity index (χ0n) is 26.4. The Morgan fingerprint density at radius 3 is 2.31 bits per heavy atom. The highest BCUT2D eigenvalue weighted by Gasteiger charge is 2.45. The smallest absolute Gasteiger partial charge is 0.270 e. The number of carbonyl (C=O) groups excluding carboxylic acids is 2. The number of aliphatic hydroxyl groups excluding tert-OH is 1. The summed E-state index contributed by atoms with van der Waals surface area (Å²) in [6.07, 6.45) is 0.379. The number of nitrogens with zero attached hydrogens (tertiary/aromatic N) is 3. The highest BCUT2D eigenvalue weighted by molar-refractivity contribution is 7.90. The molecule has 0 aliphatic carbocycles. The maximum Gasteiger partial charge on any atom is 0.270 e. The molecule has 4 aromatic rings. The van der Waals surface area contributed by atoms with Crippen LogP contribution in [0, 0.1) is 0 Å². The molecule has 1 aromatic heterocycles. The van der Waals surface area contributed by atoms with Crippen molar-refractivity contribution in [1.29, 1.82) is 0 Å². The van der Waals surface area contributed by atoms with E-state index < -0.39 is 16.1 Å². The van der Waals surface area contributed by atoms with Gasteiger partial charge in [0.05, 0.1) is 18.3 Å². The van der Waals surface area contributed by atoms with E-state index in [1.807, 2.05) is 104 Å². The Hall–Kier alpha value is -4.02. The summed E-state index contributed by atoms with van der Waals surface area (Å²) < 4.78 is 15.1. The second-order valence-electron chi connectivity index (χ2n) is 12.4. The first-order valence-corrected chi connectivity index (χ1v) is 16.2. The van der Waals surface area contributed by atoms with Crippen molar-refractivity contribution >= 4 is 23.2 Å². The van der Waals surface area contributed by atoms with Gasteiger partial charge in [-0.1, -0.05) is 60.7 Å². The highest BCUT2D eigenvalue weighted by atomic mass is 32.2. The van der Waals surface area contributed by atoms with Gasteiger partial charge in [0, 0.05) is 55.3 Å². The first-order chi connectivity index (χ1) is 21.5. The standard InChI is InChI=1S/C36H40N4O4S/c1-36(2,3)45(44)40-23-29-21-30(34(42)37-22-24-10-7-6-8-11-24)38-33(32(29)31(40)18-19-41)28-13-9-12-27(20-28)25-14-16-26(17-15-25)35(43)39(4)5/h6-17,20-21,31,41H,18-19,22-23H2,1-5H3,(H,37,42)/t31-,45?/m1/s1. The molecule has 0 saturated carbocycles. The van der Waals surface area contributed by atoms with Crippen LogP contribution in [0.2, 0.25) is 0 Å². The quantitative estimate of drug-likeness (QED) is 0.230. The van der Waals surface area contributed by atoms with Crippen molar-refractivity contribution in [3.63, 3.8) is 0 Å². The van der Waals surface area contributed by atoms with Crippen molar-refractivity contribution in [2.45, 2.75) is 51.1 Å². The number of benzene rings is 3. The molecule has 0 spiro atoms. The fourth-order valence-electron chi connectivity index (χ4n) is 5.58. The highest BCUT2D eigenvalue weighted by Crippen LogP contribution is 2.45. The van der Waals surface area contributed by atoms with E-state index in [0.29, 0.717) is 30.8 Å². The van der Waals surface area contributed by atoms with Crippen molar-refractivity contribution < 1.29 is 19.2 Å². The maximum absolute atomic E-state index is 13.7. The van der Waals surface area contributed by atoms with Gasteiger partial charge in [-0.2, -0.15) is 0 Å². The summed E-state index contributed by atoms with van der Waals surface area (Å²) in [5.74, 6) is -0.362. The molecule has 2 N–H and O–H groups in total. The number of hydrogen-bond acceptors (Lipinski definition) is 6. The minimum absolute atomic E-state index is 0.0652. The van der Waals surface area contributed by atoms with Gasteiger partial charge in [0.25, 0.3) is 11.8 Å². The van der Waals surface area contributed by atoms with Gasteiger partial charge < -0.3 is 19.9 Å². The molecule has 3 aromatic carbocycles. The van der Waals surface area contributed by atoms with Crippen LogP contribution in [0.1, 0.15) is 70.8 Å². The molecule has 45 heavy (non-hydrogen) atoms. The van der Waals surface area contributed by atoms with Crippen molar-refractivity contribution in [3.8, 4) is 22.4 Å². The Kier molecular flexibility index (Phi) is 9.74. The van der Waals surface area contributed by atoms with Crippen LogP contribution in [0.4, 0.5) is 0 Å². The number of amides is 2. The molecule has 2 amide bonds. The topological polar surface area (TPSA) is 109 Å². The number of fused-ring (bicyclic) bond motifs is 1. The second-order valence-corrected chi connectivity index (χ2v) is 14.6. The molecule has 5 rings (SSSR count). The molecule has 2 heterocycles. The minimum Gasteiger partial charge on any atom is -0.597 e. The summed E-state index contributed by atoms with van der Waals surface area (Å²) in [6.45, 7) is 6.46. The average molecular weight is 625 g/mol. The molecule has 1 aliphatic rings. The summed E-state index contributed by atoms with van der Waals surface area (Å²) in [5.41, 5.74) is 6.92. The first kappa shape index (κ1) is 32.4. The van der Waals surface area contributed by atoms with Gasteiger partial charge in [0.1, 0.15) is 10.4 Å². The maximum atomic E-state index is 13.7. The fraction of sp³-hybridized carbons (Fsp3) is 0.306. The number of aromatic nitrogens is 1. The van der Waals surface area contributed by atoms with E-state index >= 15 is 0 Å². The molecular formula is C36H40N4O4S. The number of carbonyl (C=O) groups is 2. The summed E-state index contributed by atoms with van der Waals surface area (Å²) in [7, 11) is 3.45. The lowest BCUT2D eigenvalue weighted by Crippen LogP contribution is -2.42. The minimum atomic E-state index is -1.36. The molecule has 8 nitrogen and oxygen atoms in total. The van der Waals surface area contributed by atoms with E-state index in [-0.39, 0.29) is 30.2 Å². The number of aliphatic hydroxyl groups is 1. The van der Waals surface area contributed by atoms with Crippen LogP contribution in [0.3, 0.4) is 0 Å². The van der Waals surface area contributed by atoms with Gasteiger partial charge in [0.15, 0.2) is 0 Å². The third kappa shape index (κ3) is 7.12. The van der Waals surface area contributed by atoms with E-state index in [4.69, 9.17) is 4.98 Å². The van der Waals surface area contributed by atoms with E-state index in [2.05, 4.69) is 5.32 Å². The molecule has 0 radical (unpaired) electrons. The molecule has 234 valence electrons. The van der Waals surface area contributed by atoms with Crippen LogP contribution in [0.25, 0.3) is 22.4 Å². The Morgan fingerprint density at radius 2 is 1.67 bits per heavy atom. The lowest BCUT2D eigenvalue weighted by Gasteiger charge is -2.33. The number of pyridine rings is 1.